The smallest absolute Gasteiger partial charge is 0.0560 e. The summed E-state index contributed by atoms with van der Waals surface area (Å²) in [7, 11) is 0. The third-order valence-corrected chi connectivity index (χ3v) is 7.58. The summed E-state index contributed by atoms with van der Waals surface area (Å²) in [5, 5.41) is 0. The molecule has 0 saturated carbocycles. The van der Waals surface area contributed by atoms with Crippen LogP contribution in [0.3, 0.4) is 0 Å². The first-order chi connectivity index (χ1) is 14.5. The van der Waals surface area contributed by atoms with Crippen molar-refractivity contribution in [2.45, 2.75) is 105 Å². The Balaban J connectivity index is 2.18. The van der Waals surface area contributed by atoms with E-state index in [1.165, 1.54) is 33.4 Å². The van der Waals surface area contributed by atoms with E-state index in [0.29, 0.717) is 11.8 Å². The summed E-state index contributed by atoms with van der Waals surface area (Å²) in [6.45, 7) is 24.3. The van der Waals surface area contributed by atoms with Gasteiger partial charge in [-0.3, -0.25) is 0 Å². The topological polar surface area (TPSA) is 9.23 Å². The van der Waals surface area contributed by atoms with Crippen molar-refractivity contribution in [3.05, 3.63) is 69.8 Å². The molecule has 0 radical (unpaired) electrons. The third kappa shape index (κ3) is 5.80. The zero-order valence-electron chi connectivity index (χ0n) is 21.9. The first kappa shape index (κ1) is 25.7. The van der Waals surface area contributed by atoms with Gasteiger partial charge in [0.15, 0.2) is 0 Å². The van der Waals surface area contributed by atoms with Crippen LogP contribution in [-0.4, -0.2) is 13.2 Å². The Hall–Kier alpha value is -1.60. The highest BCUT2D eigenvalue weighted by atomic mass is 16.5. The van der Waals surface area contributed by atoms with Crippen LogP contribution in [0, 0.1) is 13.8 Å². The van der Waals surface area contributed by atoms with E-state index in [1.54, 1.807) is 0 Å². The fourth-order valence-electron chi connectivity index (χ4n) is 4.68. The normalized spacial score (nSPS) is 15.9. The Morgan fingerprint density at radius 1 is 0.677 bits per heavy atom. The van der Waals surface area contributed by atoms with E-state index in [1.807, 2.05) is 0 Å². The molecule has 0 saturated heterocycles. The second kappa shape index (κ2) is 10.3. The van der Waals surface area contributed by atoms with Crippen LogP contribution in [0.5, 0.6) is 0 Å². The fraction of sp³-hybridized carbons (Fsp3) is 0.600. The van der Waals surface area contributed by atoms with E-state index >= 15 is 0 Å². The molecule has 0 heterocycles. The number of rotatable bonds is 10. The standard InChI is InChI=1S/C30H46O/c1-11-29(9,25-13-15-27(21(3)4)23(7)17-25)19-31-20-30(10,12-2)26-14-16-28(22(5)6)24(8)18-26/h13-18,21-22H,11-12,19-20H2,1-10H3. The lowest BCUT2D eigenvalue weighted by atomic mass is 9.78. The van der Waals surface area contributed by atoms with Gasteiger partial charge in [-0.25, -0.2) is 0 Å². The van der Waals surface area contributed by atoms with Crippen molar-refractivity contribution in [3.8, 4) is 0 Å². The van der Waals surface area contributed by atoms with E-state index in [-0.39, 0.29) is 10.8 Å². The molecule has 0 amide bonds. The van der Waals surface area contributed by atoms with Crippen LogP contribution in [0.4, 0.5) is 0 Å². The highest BCUT2D eigenvalue weighted by Gasteiger charge is 2.30. The van der Waals surface area contributed by atoms with Crippen molar-refractivity contribution < 1.29 is 4.74 Å². The maximum Gasteiger partial charge on any atom is 0.0560 e. The van der Waals surface area contributed by atoms with Crippen molar-refractivity contribution in [2.75, 3.05) is 13.2 Å². The van der Waals surface area contributed by atoms with Gasteiger partial charge in [0, 0.05) is 10.8 Å². The molecule has 172 valence electrons. The summed E-state index contributed by atoms with van der Waals surface area (Å²) >= 11 is 0. The Labute approximate surface area is 192 Å². The van der Waals surface area contributed by atoms with Crippen LogP contribution in [-0.2, 0) is 15.6 Å². The largest absolute Gasteiger partial charge is 0.380 e. The second-order valence-corrected chi connectivity index (χ2v) is 10.8. The van der Waals surface area contributed by atoms with Gasteiger partial charge in [-0.05, 0) is 71.9 Å². The lowest BCUT2D eigenvalue weighted by molar-refractivity contribution is 0.0510. The number of hydrogen-bond donors (Lipinski definition) is 0. The Kier molecular flexibility index (Phi) is 8.56. The summed E-state index contributed by atoms with van der Waals surface area (Å²) in [6, 6.07) is 14.0. The van der Waals surface area contributed by atoms with Gasteiger partial charge in [0.2, 0.25) is 0 Å². The molecule has 0 bridgehead atoms. The lowest BCUT2D eigenvalue weighted by Crippen LogP contribution is -2.33. The van der Waals surface area contributed by atoms with Crippen LogP contribution < -0.4 is 0 Å². The maximum atomic E-state index is 6.49. The molecule has 1 nitrogen and oxygen atoms in total. The number of hydrogen-bond acceptors (Lipinski definition) is 1. The second-order valence-electron chi connectivity index (χ2n) is 10.8. The third-order valence-electron chi connectivity index (χ3n) is 7.58. The molecule has 0 N–H and O–H groups in total. The lowest BCUT2D eigenvalue weighted by Gasteiger charge is -2.34. The first-order valence-corrected chi connectivity index (χ1v) is 12.3. The summed E-state index contributed by atoms with van der Waals surface area (Å²) in [5.74, 6) is 1.13. The van der Waals surface area contributed by atoms with Gasteiger partial charge >= 0.3 is 0 Å². The molecular formula is C30H46O. The maximum absolute atomic E-state index is 6.49. The minimum absolute atomic E-state index is 0.0341. The fourth-order valence-corrected chi connectivity index (χ4v) is 4.68. The number of benzene rings is 2. The summed E-state index contributed by atoms with van der Waals surface area (Å²) < 4.78 is 6.49. The van der Waals surface area contributed by atoms with E-state index in [2.05, 4.69) is 106 Å². The molecule has 0 aromatic heterocycles. The van der Waals surface area contributed by atoms with Gasteiger partial charge in [-0.1, -0.05) is 91.8 Å². The average molecular weight is 423 g/mol. The zero-order valence-corrected chi connectivity index (χ0v) is 21.9. The molecule has 2 atom stereocenters. The van der Waals surface area contributed by atoms with E-state index in [9.17, 15) is 0 Å². The van der Waals surface area contributed by atoms with E-state index in [4.69, 9.17) is 4.74 Å². The summed E-state index contributed by atoms with van der Waals surface area (Å²) in [4.78, 5) is 0. The Morgan fingerprint density at radius 2 is 1.03 bits per heavy atom. The Bertz CT molecular complexity index is 791. The quantitative estimate of drug-likeness (QED) is 0.372. The molecule has 0 aliphatic rings. The SMILES string of the molecule is CCC(C)(COCC(C)(CC)c1ccc(C(C)C)c(C)c1)c1ccc(C(C)C)c(C)c1. The number of ether oxygens (including phenoxy) is 1. The first-order valence-electron chi connectivity index (χ1n) is 12.3. The molecule has 0 aliphatic carbocycles. The molecule has 31 heavy (non-hydrogen) atoms. The molecule has 0 aliphatic heterocycles. The predicted molar refractivity (Wildman–Crippen MR) is 137 cm³/mol. The molecule has 1 heteroatoms. The van der Waals surface area contributed by atoms with Gasteiger partial charge in [-0.15, -0.1) is 0 Å². The van der Waals surface area contributed by atoms with Gasteiger partial charge in [-0.2, -0.15) is 0 Å². The van der Waals surface area contributed by atoms with Crippen LogP contribution in [0.1, 0.15) is 113 Å². The minimum Gasteiger partial charge on any atom is -0.380 e. The van der Waals surface area contributed by atoms with Crippen molar-refractivity contribution >= 4 is 0 Å². The highest BCUT2D eigenvalue weighted by Crippen LogP contribution is 2.34. The van der Waals surface area contributed by atoms with Gasteiger partial charge in [0.05, 0.1) is 13.2 Å². The van der Waals surface area contributed by atoms with Gasteiger partial charge < -0.3 is 4.74 Å². The van der Waals surface area contributed by atoms with Crippen molar-refractivity contribution in [1.29, 1.82) is 0 Å². The number of aryl methyl sites for hydroxylation is 2. The monoisotopic (exact) mass is 422 g/mol. The minimum atomic E-state index is 0.0341. The van der Waals surface area contributed by atoms with Crippen LogP contribution >= 0.6 is 0 Å². The highest BCUT2D eigenvalue weighted by molar-refractivity contribution is 5.38. The van der Waals surface area contributed by atoms with Crippen LogP contribution in [0.2, 0.25) is 0 Å². The van der Waals surface area contributed by atoms with Crippen molar-refractivity contribution in [1.82, 2.24) is 0 Å². The van der Waals surface area contributed by atoms with Crippen LogP contribution in [0.15, 0.2) is 36.4 Å². The molecule has 2 unspecified atom stereocenters. The van der Waals surface area contributed by atoms with Crippen molar-refractivity contribution in [3.63, 3.8) is 0 Å². The van der Waals surface area contributed by atoms with Gasteiger partial charge in [0.25, 0.3) is 0 Å². The average Bonchev–Trinajstić information content (AvgIpc) is 2.72. The molecular weight excluding hydrogens is 376 g/mol. The molecule has 2 rings (SSSR count). The van der Waals surface area contributed by atoms with E-state index in [0.717, 1.165) is 26.1 Å². The van der Waals surface area contributed by atoms with Crippen LogP contribution in [0.25, 0.3) is 0 Å². The predicted octanol–water partition coefficient (Wildman–Crippen LogP) is 8.60. The summed E-state index contributed by atoms with van der Waals surface area (Å²) in [5.41, 5.74) is 8.54. The Morgan fingerprint density at radius 3 is 1.29 bits per heavy atom. The van der Waals surface area contributed by atoms with Crippen molar-refractivity contribution in [2.24, 2.45) is 0 Å². The van der Waals surface area contributed by atoms with Gasteiger partial charge in [0.1, 0.15) is 0 Å². The summed E-state index contributed by atoms with van der Waals surface area (Å²) in [6.07, 6.45) is 2.14. The molecule has 2 aromatic carbocycles. The molecule has 0 spiro atoms. The zero-order chi connectivity index (χ0) is 23.4. The molecule has 0 fully saturated rings. The molecule has 2 aromatic rings. The van der Waals surface area contributed by atoms with E-state index < -0.39 is 0 Å².